The van der Waals surface area contributed by atoms with E-state index in [-0.39, 0.29) is 11.3 Å². The van der Waals surface area contributed by atoms with Gasteiger partial charge in [0.25, 0.3) is 5.91 Å². The van der Waals surface area contributed by atoms with Crippen molar-refractivity contribution in [3.63, 3.8) is 0 Å². The molecule has 4 heteroatoms. The van der Waals surface area contributed by atoms with Crippen LogP contribution in [-0.2, 0) is 0 Å². The summed E-state index contributed by atoms with van der Waals surface area (Å²) in [6.45, 7) is 1.43. The molecule has 0 aliphatic carbocycles. The molecule has 0 aromatic carbocycles. The molecule has 0 saturated carbocycles. The summed E-state index contributed by atoms with van der Waals surface area (Å²) in [6.07, 6.45) is 3.61. The lowest BCUT2D eigenvalue weighted by molar-refractivity contribution is 0.0721. The Hall–Kier alpha value is -1.09. The molecule has 2 heterocycles. The molecule has 3 nitrogen and oxygen atoms in total. The van der Waals surface area contributed by atoms with Crippen molar-refractivity contribution in [1.29, 1.82) is 0 Å². The van der Waals surface area contributed by atoms with Crippen LogP contribution in [0.1, 0.15) is 23.3 Å². The fourth-order valence-electron chi connectivity index (χ4n) is 1.76. The number of alkyl halides is 1. The predicted octanol–water partition coefficient (Wildman–Crippen LogP) is 1.93. The highest BCUT2D eigenvalue weighted by Gasteiger charge is 2.23. The first-order valence-electron chi connectivity index (χ1n) is 5.12. The fraction of sp³-hybridized carbons (Fsp3) is 0.455. The average molecular weight is 225 g/mol. The zero-order valence-corrected chi connectivity index (χ0v) is 9.15. The number of amides is 1. The highest BCUT2D eigenvalue weighted by atomic mass is 35.5. The van der Waals surface area contributed by atoms with Gasteiger partial charge >= 0.3 is 0 Å². The van der Waals surface area contributed by atoms with Gasteiger partial charge in [-0.2, -0.15) is 0 Å². The number of pyridine rings is 1. The van der Waals surface area contributed by atoms with E-state index in [9.17, 15) is 4.79 Å². The molecule has 1 amide bonds. The summed E-state index contributed by atoms with van der Waals surface area (Å²) in [7, 11) is 0. The van der Waals surface area contributed by atoms with Gasteiger partial charge < -0.3 is 4.90 Å². The van der Waals surface area contributed by atoms with Crippen LogP contribution in [0.25, 0.3) is 0 Å². The van der Waals surface area contributed by atoms with E-state index in [0.717, 1.165) is 19.4 Å². The van der Waals surface area contributed by atoms with Gasteiger partial charge in [0, 0.05) is 19.3 Å². The number of carbonyl (C=O) groups excluding carboxylic acids is 1. The summed E-state index contributed by atoms with van der Waals surface area (Å²) >= 11 is 6.03. The minimum Gasteiger partial charge on any atom is -0.336 e. The number of hydrogen-bond acceptors (Lipinski definition) is 2. The highest BCUT2D eigenvalue weighted by Crippen LogP contribution is 2.16. The van der Waals surface area contributed by atoms with Gasteiger partial charge in [-0.15, -0.1) is 11.6 Å². The number of carbonyl (C=O) groups is 1. The van der Waals surface area contributed by atoms with Crippen LogP contribution >= 0.6 is 11.6 Å². The molecule has 80 valence electrons. The Labute approximate surface area is 94.1 Å². The number of aromatic nitrogens is 1. The third-order valence-electron chi connectivity index (χ3n) is 2.54. The second-order valence-electron chi connectivity index (χ2n) is 3.71. The lowest BCUT2D eigenvalue weighted by Crippen LogP contribution is -2.40. The summed E-state index contributed by atoms with van der Waals surface area (Å²) in [6, 6.07) is 5.36. The zero-order valence-electron chi connectivity index (χ0n) is 8.40. The summed E-state index contributed by atoms with van der Waals surface area (Å²) in [5, 5.41) is 0.0893. The normalized spacial score (nSPS) is 21.4. The Morgan fingerprint density at radius 2 is 2.40 bits per heavy atom. The van der Waals surface area contributed by atoms with E-state index >= 15 is 0 Å². The van der Waals surface area contributed by atoms with Crippen LogP contribution in [0.15, 0.2) is 24.4 Å². The quantitative estimate of drug-likeness (QED) is 0.683. The van der Waals surface area contributed by atoms with Crippen molar-refractivity contribution in [2.45, 2.75) is 18.2 Å². The van der Waals surface area contributed by atoms with Crippen LogP contribution in [0.4, 0.5) is 0 Å². The molecule has 1 aromatic heterocycles. The van der Waals surface area contributed by atoms with Crippen LogP contribution in [0, 0.1) is 0 Å². The molecule has 0 bridgehead atoms. The number of likely N-dealkylation sites (tertiary alicyclic amines) is 1. The summed E-state index contributed by atoms with van der Waals surface area (Å²) in [5.74, 6) is -0.0130. The number of piperidine rings is 1. The standard InChI is InChI=1S/C11H13ClN2O/c12-9-4-3-7-14(8-9)11(15)10-5-1-2-6-13-10/h1-2,5-6,9H,3-4,7-8H2. The van der Waals surface area contributed by atoms with Crippen molar-refractivity contribution in [2.75, 3.05) is 13.1 Å². The first-order chi connectivity index (χ1) is 7.27. The van der Waals surface area contributed by atoms with E-state index in [2.05, 4.69) is 4.98 Å². The maximum atomic E-state index is 12.0. The second-order valence-corrected chi connectivity index (χ2v) is 4.32. The molecule has 1 aliphatic heterocycles. The second kappa shape index (κ2) is 4.62. The summed E-state index contributed by atoms with van der Waals surface area (Å²) < 4.78 is 0. The number of nitrogens with zero attached hydrogens (tertiary/aromatic N) is 2. The van der Waals surface area contributed by atoms with Gasteiger partial charge in [-0.25, -0.2) is 0 Å². The lowest BCUT2D eigenvalue weighted by Gasteiger charge is -2.29. The van der Waals surface area contributed by atoms with Gasteiger partial charge in [-0.1, -0.05) is 6.07 Å². The molecule has 0 radical (unpaired) electrons. The molecule has 1 fully saturated rings. The molecule has 1 saturated heterocycles. The van der Waals surface area contributed by atoms with E-state index in [1.807, 2.05) is 6.07 Å². The minimum absolute atomic E-state index is 0.0130. The van der Waals surface area contributed by atoms with Crippen molar-refractivity contribution in [3.05, 3.63) is 30.1 Å². The average Bonchev–Trinajstić information content (AvgIpc) is 2.29. The Bertz CT molecular complexity index is 342. The first-order valence-corrected chi connectivity index (χ1v) is 5.55. The van der Waals surface area contributed by atoms with Crippen molar-refractivity contribution in [2.24, 2.45) is 0 Å². The zero-order chi connectivity index (χ0) is 10.7. The Kier molecular flexibility index (Phi) is 3.21. The summed E-state index contributed by atoms with van der Waals surface area (Å²) in [5.41, 5.74) is 0.503. The molecule has 1 unspecified atom stereocenters. The molecule has 0 N–H and O–H groups in total. The molecular formula is C11H13ClN2O. The van der Waals surface area contributed by atoms with E-state index in [4.69, 9.17) is 11.6 Å². The Morgan fingerprint density at radius 3 is 3.07 bits per heavy atom. The van der Waals surface area contributed by atoms with E-state index in [1.54, 1.807) is 23.2 Å². The number of halogens is 1. The highest BCUT2D eigenvalue weighted by molar-refractivity contribution is 6.21. The third-order valence-corrected chi connectivity index (χ3v) is 2.89. The lowest BCUT2D eigenvalue weighted by atomic mass is 10.1. The van der Waals surface area contributed by atoms with Gasteiger partial charge in [0.15, 0.2) is 0 Å². The van der Waals surface area contributed by atoms with Crippen molar-refractivity contribution in [3.8, 4) is 0 Å². The Morgan fingerprint density at radius 1 is 1.53 bits per heavy atom. The van der Waals surface area contributed by atoms with Crippen molar-refractivity contribution in [1.82, 2.24) is 9.88 Å². The number of rotatable bonds is 1. The largest absolute Gasteiger partial charge is 0.336 e. The molecule has 1 aliphatic rings. The van der Waals surface area contributed by atoms with E-state index in [1.165, 1.54) is 0 Å². The summed E-state index contributed by atoms with van der Waals surface area (Å²) in [4.78, 5) is 17.8. The van der Waals surface area contributed by atoms with Crippen LogP contribution in [-0.4, -0.2) is 34.3 Å². The Balaban J connectivity index is 2.08. The number of hydrogen-bond donors (Lipinski definition) is 0. The molecule has 2 rings (SSSR count). The van der Waals surface area contributed by atoms with Gasteiger partial charge in [0.1, 0.15) is 5.69 Å². The molecule has 1 atom stereocenters. The molecule has 1 aromatic rings. The first kappa shape index (κ1) is 10.4. The maximum Gasteiger partial charge on any atom is 0.272 e. The van der Waals surface area contributed by atoms with Crippen LogP contribution in [0.5, 0.6) is 0 Å². The van der Waals surface area contributed by atoms with Gasteiger partial charge in [-0.3, -0.25) is 9.78 Å². The van der Waals surface area contributed by atoms with Crippen LogP contribution in [0.2, 0.25) is 0 Å². The fourth-order valence-corrected chi connectivity index (χ4v) is 2.08. The van der Waals surface area contributed by atoms with Gasteiger partial charge in [0.05, 0.1) is 5.38 Å². The predicted molar refractivity (Wildman–Crippen MR) is 59.0 cm³/mol. The molecule has 15 heavy (non-hydrogen) atoms. The van der Waals surface area contributed by atoms with Gasteiger partial charge in [0.2, 0.25) is 0 Å². The van der Waals surface area contributed by atoms with Gasteiger partial charge in [-0.05, 0) is 25.0 Å². The van der Waals surface area contributed by atoms with Crippen molar-refractivity contribution >= 4 is 17.5 Å². The van der Waals surface area contributed by atoms with E-state index < -0.39 is 0 Å². The maximum absolute atomic E-state index is 12.0. The van der Waals surface area contributed by atoms with Crippen molar-refractivity contribution < 1.29 is 4.79 Å². The monoisotopic (exact) mass is 224 g/mol. The minimum atomic E-state index is -0.0130. The van der Waals surface area contributed by atoms with Crippen LogP contribution in [0.3, 0.4) is 0 Å². The molecular weight excluding hydrogens is 212 g/mol. The topological polar surface area (TPSA) is 33.2 Å². The van der Waals surface area contributed by atoms with E-state index in [0.29, 0.717) is 12.2 Å². The third kappa shape index (κ3) is 2.48. The van der Waals surface area contributed by atoms with Crippen LogP contribution < -0.4 is 0 Å². The molecule has 0 spiro atoms. The SMILES string of the molecule is O=C(c1ccccn1)N1CCCC(Cl)C1. The smallest absolute Gasteiger partial charge is 0.272 e.